The highest BCUT2D eigenvalue weighted by atomic mass is 16.5. The topological polar surface area (TPSA) is 89.9 Å². The maximum atomic E-state index is 5.77. The second-order valence-corrected chi connectivity index (χ2v) is 3.13. The van der Waals surface area contributed by atoms with Gasteiger partial charge in [0, 0.05) is 5.56 Å². The molecule has 1 heterocycles. The zero-order valence-electron chi connectivity index (χ0n) is 8.32. The van der Waals surface area contributed by atoms with Crippen molar-refractivity contribution in [2.75, 3.05) is 18.6 Å². The highest BCUT2D eigenvalue weighted by Crippen LogP contribution is 2.29. The summed E-state index contributed by atoms with van der Waals surface area (Å²) in [4.78, 5) is 0. The average molecular weight is 204 g/mol. The smallest absolute Gasteiger partial charge is 0.169 e. The molecule has 5 heteroatoms. The van der Waals surface area contributed by atoms with Gasteiger partial charge in [0.2, 0.25) is 0 Å². The van der Waals surface area contributed by atoms with Crippen molar-refractivity contribution in [3.8, 4) is 17.0 Å². The van der Waals surface area contributed by atoms with Crippen LogP contribution in [0.2, 0.25) is 0 Å². The molecular formula is C10H12N4O. The summed E-state index contributed by atoms with van der Waals surface area (Å²) in [5.74, 6) is 1.08. The predicted octanol–water partition coefficient (Wildman–Crippen LogP) is 1.25. The lowest BCUT2D eigenvalue weighted by atomic mass is 10.1. The monoisotopic (exact) mass is 204 g/mol. The van der Waals surface area contributed by atoms with Crippen LogP contribution in [0, 0.1) is 0 Å². The molecule has 0 fully saturated rings. The number of nitrogens with zero attached hydrogens (tertiary/aromatic N) is 1. The van der Waals surface area contributed by atoms with Gasteiger partial charge >= 0.3 is 0 Å². The molecule has 5 N–H and O–H groups in total. The van der Waals surface area contributed by atoms with Crippen LogP contribution in [0.4, 0.5) is 11.5 Å². The quantitative estimate of drug-likeness (QED) is 0.686. The van der Waals surface area contributed by atoms with Crippen LogP contribution in [0.5, 0.6) is 5.75 Å². The zero-order chi connectivity index (χ0) is 10.8. The largest absolute Gasteiger partial charge is 0.497 e. The third-order valence-corrected chi connectivity index (χ3v) is 2.19. The second kappa shape index (κ2) is 3.53. The Balaban J connectivity index is 2.49. The first kappa shape index (κ1) is 9.39. The van der Waals surface area contributed by atoms with Gasteiger partial charge in [-0.15, -0.1) is 0 Å². The number of ether oxygens (including phenoxy) is 1. The lowest BCUT2D eigenvalue weighted by Gasteiger charge is -2.03. The van der Waals surface area contributed by atoms with Crippen LogP contribution >= 0.6 is 0 Å². The number of benzene rings is 1. The van der Waals surface area contributed by atoms with Gasteiger partial charge in [0.25, 0.3) is 0 Å². The molecule has 0 unspecified atom stereocenters. The van der Waals surface area contributed by atoms with Gasteiger partial charge in [0.15, 0.2) is 5.82 Å². The Kier molecular flexibility index (Phi) is 2.21. The molecule has 0 radical (unpaired) electrons. The van der Waals surface area contributed by atoms with E-state index in [1.54, 1.807) is 7.11 Å². The van der Waals surface area contributed by atoms with Crippen LogP contribution in [0.1, 0.15) is 0 Å². The third kappa shape index (κ3) is 1.59. The fourth-order valence-electron chi connectivity index (χ4n) is 1.36. The summed E-state index contributed by atoms with van der Waals surface area (Å²) >= 11 is 0. The minimum absolute atomic E-state index is 0.313. The van der Waals surface area contributed by atoms with E-state index < -0.39 is 0 Å². The first-order valence-electron chi connectivity index (χ1n) is 4.46. The van der Waals surface area contributed by atoms with E-state index in [0.29, 0.717) is 17.2 Å². The summed E-state index contributed by atoms with van der Waals surface area (Å²) in [5, 5.41) is 6.62. The normalized spacial score (nSPS) is 10.2. The Morgan fingerprint density at radius 1 is 1.33 bits per heavy atom. The molecule has 1 aromatic carbocycles. The van der Waals surface area contributed by atoms with E-state index in [0.717, 1.165) is 11.3 Å². The van der Waals surface area contributed by atoms with Gasteiger partial charge in [-0.05, 0) is 12.1 Å². The number of nitrogens with two attached hydrogens (primary N) is 2. The van der Waals surface area contributed by atoms with E-state index in [1.807, 2.05) is 24.3 Å². The number of aromatic nitrogens is 2. The number of hydrogen-bond donors (Lipinski definition) is 3. The van der Waals surface area contributed by atoms with E-state index in [9.17, 15) is 0 Å². The molecule has 78 valence electrons. The summed E-state index contributed by atoms with van der Waals surface area (Å²) in [7, 11) is 1.61. The molecule has 0 bridgehead atoms. The molecular weight excluding hydrogens is 192 g/mol. The number of rotatable bonds is 2. The highest BCUT2D eigenvalue weighted by molar-refractivity contribution is 5.80. The Morgan fingerprint density at radius 3 is 2.73 bits per heavy atom. The van der Waals surface area contributed by atoms with Gasteiger partial charge in [-0.2, -0.15) is 5.10 Å². The van der Waals surface area contributed by atoms with Crippen LogP contribution in [-0.4, -0.2) is 17.3 Å². The number of methoxy groups -OCH3 is 1. The Labute approximate surface area is 87.0 Å². The molecule has 2 aromatic rings. The molecule has 0 aliphatic carbocycles. The lowest BCUT2D eigenvalue weighted by Crippen LogP contribution is -1.92. The fourth-order valence-corrected chi connectivity index (χ4v) is 1.36. The summed E-state index contributed by atoms with van der Waals surface area (Å²) in [6, 6.07) is 7.51. The number of nitrogens with one attached hydrogen (secondary N) is 1. The van der Waals surface area contributed by atoms with Crippen molar-refractivity contribution in [2.45, 2.75) is 0 Å². The molecule has 5 nitrogen and oxygen atoms in total. The van der Waals surface area contributed by atoms with E-state index in [4.69, 9.17) is 16.2 Å². The van der Waals surface area contributed by atoms with Crippen molar-refractivity contribution in [3.63, 3.8) is 0 Å². The van der Waals surface area contributed by atoms with Crippen molar-refractivity contribution in [1.29, 1.82) is 0 Å². The first-order valence-corrected chi connectivity index (χ1v) is 4.46. The van der Waals surface area contributed by atoms with Crippen LogP contribution in [0.3, 0.4) is 0 Å². The van der Waals surface area contributed by atoms with Gasteiger partial charge in [0.05, 0.1) is 12.8 Å². The average Bonchev–Trinajstić information content (AvgIpc) is 2.60. The summed E-state index contributed by atoms with van der Waals surface area (Å²) in [5.41, 5.74) is 13.4. The summed E-state index contributed by atoms with van der Waals surface area (Å²) < 4.78 is 5.12. The minimum atomic E-state index is 0.313. The van der Waals surface area contributed by atoms with Gasteiger partial charge in [-0.3, -0.25) is 5.10 Å². The number of H-pyrrole nitrogens is 1. The molecule has 15 heavy (non-hydrogen) atoms. The Bertz CT molecular complexity index is 478. The number of anilines is 2. The van der Waals surface area contributed by atoms with Crippen molar-refractivity contribution in [2.24, 2.45) is 0 Å². The summed E-state index contributed by atoms with van der Waals surface area (Å²) in [6.45, 7) is 0. The number of aromatic amines is 1. The molecule has 1 aromatic heterocycles. The van der Waals surface area contributed by atoms with Crippen LogP contribution in [0.15, 0.2) is 24.3 Å². The molecule has 0 saturated carbocycles. The Hall–Kier alpha value is -2.17. The molecule has 0 amide bonds. The van der Waals surface area contributed by atoms with Crippen LogP contribution in [-0.2, 0) is 0 Å². The fraction of sp³-hybridized carbons (Fsp3) is 0.100. The van der Waals surface area contributed by atoms with Gasteiger partial charge < -0.3 is 16.2 Å². The predicted molar refractivity (Wildman–Crippen MR) is 59.4 cm³/mol. The van der Waals surface area contributed by atoms with Crippen LogP contribution in [0.25, 0.3) is 11.3 Å². The Morgan fingerprint density at radius 2 is 2.13 bits per heavy atom. The summed E-state index contributed by atoms with van der Waals surface area (Å²) in [6.07, 6.45) is 0. The first-order chi connectivity index (χ1) is 7.22. The number of hydrogen-bond acceptors (Lipinski definition) is 4. The second-order valence-electron chi connectivity index (χ2n) is 3.13. The lowest BCUT2D eigenvalue weighted by molar-refractivity contribution is 0.415. The third-order valence-electron chi connectivity index (χ3n) is 2.19. The molecule has 0 saturated heterocycles. The van der Waals surface area contributed by atoms with E-state index in [1.165, 1.54) is 0 Å². The van der Waals surface area contributed by atoms with Crippen molar-refractivity contribution >= 4 is 11.5 Å². The van der Waals surface area contributed by atoms with Gasteiger partial charge in [0.1, 0.15) is 11.4 Å². The van der Waals surface area contributed by atoms with Gasteiger partial charge in [-0.1, -0.05) is 12.1 Å². The van der Waals surface area contributed by atoms with Crippen LogP contribution < -0.4 is 16.2 Å². The molecule has 0 spiro atoms. The van der Waals surface area contributed by atoms with Crippen molar-refractivity contribution in [1.82, 2.24) is 10.2 Å². The standard InChI is InChI=1S/C10H12N4O/c1-15-7-4-2-3-6(5-7)9-8(11)10(12)14-13-9/h2-5H,11H2,1H3,(H3,12,13,14). The maximum absolute atomic E-state index is 5.77. The minimum Gasteiger partial charge on any atom is -0.497 e. The zero-order valence-corrected chi connectivity index (χ0v) is 8.32. The number of nitrogen functional groups attached to an aromatic ring is 2. The molecule has 0 atom stereocenters. The van der Waals surface area contributed by atoms with E-state index in [-0.39, 0.29) is 0 Å². The van der Waals surface area contributed by atoms with E-state index in [2.05, 4.69) is 10.2 Å². The van der Waals surface area contributed by atoms with Gasteiger partial charge in [-0.25, -0.2) is 0 Å². The molecule has 0 aliphatic rings. The van der Waals surface area contributed by atoms with E-state index >= 15 is 0 Å². The van der Waals surface area contributed by atoms with Crippen molar-refractivity contribution in [3.05, 3.63) is 24.3 Å². The molecule has 0 aliphatic heterocycles. The van der Waals surface area contributed by atoms with Crippen molar-refractivity contribution < 1.29 is 4.74 Å². The molecule has 2 rings (SSSR count). The SMILES string of the molecule is COc1cccc(-c2[nH]nc(N)c2N)c1. The maximum Gasteiger partial charge on any atom is 0.169 e. The highest BCUT2D eigenvalue weighted by Gasteiger charge is 2.09.